The molecule has 14 rings (SSSR count). The Morgan fingerprint density at radius 2 is 0.956 bits per heavy atom. The van der Waals surface area contributed by atoms with Crippen LogP contribution in [0.2, 0.25) is 10.0 Å². The minimum Gasteiger partial charge on any atom is -0.490 e. The molecule has 4 N–H and O–H groups in total. The Balaban J connectivity index is 0.000000165. The molecule has 4 heterocycles. The number of halogens is 2. The van der Waals surface area contributed by atoms with Crippen LogP contribution in [0.4, 0.5) is 11.4 Å². The standard InChI is InChI=1S/2C36H39ClN2O5S/c2*37-28-13-15-31-25(19-28)8-5-17-36(31)22-39-21-27-11-14-30(27)33(40)10-4-9-29(18-24-6-2-1-3-7-24)45(42,43)38-35(41)26-12-16-34(44-23-36)32(39)20-26/h2*1-4,6-7,10,12-13,15-16,19-20,27,29-30,33,40H,5,8-9,11,14,17-18,21-23H2,(H,38,41)/b2*10-4+/t27-,29+,30+,33-,36-;27-,29-,30+,33-,36-/m00/s1. The summed E-state index contributed by atoms with van der Waals surface area (Å²) in [5.74, 6) is 0.657. The summed E-state index contributed by atoms with van der Waals surface area (Å²) in [5, 5.41) is 22.2. The first-order chi connectivity index (χ1) is 43.4. The van der Waals surface area contributed by atoms with E-state index in [0.29, 0.717) is 50.9 Å². The lowest BCUT2D eigenvalue weighted by Crippen LogP contribution is -2.49. The van der Waals surface area contributed by atoms with Crippen LogP contribution in [0.3, 0.4) is 0 Å². The second-order valence-corrected chi connectivity index (χ2v) is 31.3. The third-order valence-electron chi connectivity index (χ3n) is 20.8. The first-order valence-corrected chi connectivity index (χ1v) is 35.8. The largest absolute Gasteiger partial charge is 0.490 e. The van der Waals surface area contributed by atoms with Crippen LogP contribution < -0.4 is 28.7 Å². The zero-order valence-electron chi connectivity index (χ0n) is 50.4. The fourth-order valence-electron chi connectivity index (χ4n) is 15.6. The molecule has 8 aliphatic rings. The van der Waals surface area contributed by atoms with E-state index in [1.807, 2.05) is 72.8 Å². The van der Waals surface area contributed by atoms with Crippen LogP contribution in [-0.4, -0.2) is 101 Å². The number of amides is 2. The highest BCUT2D eigenvalue weighted by molar-refractivity contribution is 7.91. The number of carbonyl (C=O) groups is 2. The van der Waals surface area contributed by atoms with Gasteiger partial charge in [-0.25, -0.2) is 26.3 Å². The van der Waals surface area contributed by atoms with Crippen LogP contribution in [0.25, 0.3) is 0 Å². The summed E-state index contributed by atoms with van der Waals surface area (Å²) in [6, 6.07) is 41.6. The summed E-state index contributed by atoms with van der Waals surface area (Å²) in [4.78, 5) is 31.8. The Morgan fingerprint density at radius 1 is 0.533 bits per heavy atom. The number of benzene rings is 6. The summed E-state index contributed by atoms with van der Waals surface area (Å²) >= 11 is 12.8. The van der Waals surface area contributed by atoms with Gasteiger partial charge in [0.15, 0.2) is 0 Å². The van der Waals surface area contributed by atoms with E-state index in [-0.39, 0.29) is 71.3 Å². The topological polar surface area (TPSA) is 192 Å². The number of fused-ring (bicyclic) bond motifs is 8. The van der Waals surface area contributed by atoms with E-state index in [9.17, 15) is 36.6 Å². The first-order valence-electron chi connectivity index (χ1n) is 31.9. The molecule has 2 saturated carbocycles. The molecule has 18 heteroatoms. The van der Waals surface area contributed by atoms with Gasteiger partial charge in [0.25, 0.3) is 11.8 Å². The smallest absolute Gasteiger partial charge is 0.264 e. The van der Waals surface area contributed by atoms with E-state index in [1.165, 1.54) is 22.3 Å². The van der Waals surface area contributed by atoms with Gasteiger partial charge in [-0.15, -0.1) is 0 Å². The fraction of sp³-hybridized carbons (Fsp3) is 0.417. The predicted octanol–water partition coefficient (Wildman–Crippen LogP) is 11.7. The molecule has 2 amide bonds. The Morgan fingerprint density at radius 3 is 1.36 bits per heavy atom. The lowest BCUT2D eigenvalue weighted by atomic mass is 9.68. The van der Waals surface area contributed by atoms with Crippen molar-refractivity contribution >= 4 is 66.4 Å². The molecule has 472 valence electrons. The highest BCUT2D eigenvalue weighted by atomic mass is 35.5. The second-order valence-electron chi connectivity index (χ2n) is 26.5. The van der Waals surface area contributed by atoms with Crippen molar-refractivity contribution in [2.75, 3.05) is 49.2 Å². The molecule has 4 aliphatic carbocycles. The van der Waals surface area contributed by atoms with Crippen molar-refractivity contribution in [1.29, 1.82) is 0 Å². The zero-order chi connectivity index (χ0) is 62.4. The van der Waals surface area contributed by atoms with E-state index in [2.05, 4.69) is 43.5 Å². The summed E-state index contributed by atoms with van der Waals surface area (Å²) in [6.45, 7) is 3.77. The molecule has 90 heavy (non-hydrogen) atoms. The van der Waals surface area contributed by atoms with E-state index in [0.717, 1.165) is 96.8 Å². The number of rotatable bonds is 4. The Kier molecular flexibility index (Phi) is 17.8. The third-order valence-corrected chi connectivity index (χ3v) is 24.6. The van der Waals surface area contributed by atoms with Gasteiger partial charge in [-0.3, -0.25) is 9.59 Å². The Bertz CT molecular complexity index is 3710. The van der Waals surface area contributed by atoms with Gasteiger partial charge in [0.2, 0.25) is 20.0 Å². The molecule has 4 aliphatic heterocycles. The minimum atomic E-state index is -4.06. The molecule has 0 radical (unpaired) electrons. The number of hydrogen-bond acceptors (Lipinski definition) is 12. The summed E-state index contributed by atoms with van der Waals surface area (Å²) in [5.41, 5.74) is 8.30. The van der Waals surface area contributed by atoms with Crippen LogP contribution in [0, 0.1) is 23.7 Å². The van der Waals surface area contributed by atoms with Crippen LogP contribution in [0.1, 0.15) is 118 Å². The lowest BCUT2D eigenvalue weighted by Gasteiger charge is -2.45. The molecule has 0 saturated heterocycles. The average molecular weight is 1290 g/mol. The number of nitrogens with zero attached hydrogens (tertiary/aromatic N) is 2. The van der Waals surface area contributed by atoms with Gasteiger partial charge in [0, 0.05) is 58.2 Å². The van der Waals surface area contributed by atoms with E-state index < -0.39 is 54.6 Å². The third kappa shape index (κ3) is 13.0. The first kappa shape index (κ1) is 62.2. The quantitative estimate of drug-likeness (QED) is 0.122. The Labute approximate surface area is 538 Å². The van der Waals surface area contributed by atoms with Crippen molar-refractivity contribution < 1.29 is 46.1 Å². The van der Waals surface area contributed by atoms with Crippen molar-refractivity contribution in [3.63, 3.8) is 0 Å². The van der Waals surface area contributed by atoms with Crippen molar-refractivity contribution in [2.24, 2.45) is 23.7 Å². The van der Waals surface area contributed by atoms with Gasteiger partial charge in [-0.1, -0.05) is 120 Å². The zero-order valence-corrected chi connectivity index (χ0v) is 53.5. The molecule has 2 spiro atoms. The normalized spacial score (nSPS) is 29.8. The molecular weight excluding hydrogens is 1220 g/mol. The van der Waals surface area contributed by atoms with Crippen LogP contribution in [0.5, 0.6) is 11.5 Å². The van der Waals surface area contributed by atoms with Gasteiger partial charge in [0.05, 0.1) is 47.3 Å². The number of aryl methyl sites for hydroxylation is 2. The molecule has 0 unspecified atom stereocenters. The lowest BCUT2D eigenvalue weighted by molar-refractivity contribution is 0.0454. The monoisotopic (exact) mass is 1290 g/mol. The van der Waals surface area contributed by atoms with Crippen molar-refractivity contribution in [1.82, 2.24) is 9.44 Å². The maximum atomic E-state index is 13.7. The minimum absolute atomic E-state index is 0.0690. The average Bonchev–Trinajstić information content (AvgIpc) is 1.56. The van der Waals surface area contributed by atoms with Crippen LogP contribution >= 0.6 is 23.2 Å². The number of aliphatic hydroxyl groups excluding tert-OH is 2. The second kappa shape index (κ2) is 25.8. The molecule has 4 bridgehead atoms. The number of ether oxygens (including phenoxy) is 2. The van der Waals surface area contributed by atoms with Gasteiger partial charge >= 0.3 is 0 Å². The fourth-order valence-corrected chi connectivity index (χ4v) is 18.6. The number of allylic oxidation sites excluding steroid dienone is 2. The highest BCUT2D eigenvalue weighted by Crippen LogP contribution is 2.49. The number of sulfonamides is 2. The van der Waals surface area contributed by atoms with Crippen molar-refractivity contribution in [3.8, 4) is 11.5 Å². The van der Waals surface area contributed by atoms with E-state index in [1.54, 1.807) is 60.7 Å². The summed E-state index contributed by atoms with van der Waals surface area (Å²) < 4.78 is 72.6. The molecular formula is C72H78Cl2N4O10S2. The van der Waals surface area contributed by atoms with Gasteiger partial charge < -0.3 is 29.5 Å². The van der Waals surface area contributed by atoms with Crippen LogP contribution in [0.15, 0.2) is 158 Å². The predicted molar refractivity (Wildman–Crippen MR) is 353 cm³/mol. The summed E-state index contributed by atoms with van der Waals surface area (Å²) in [7, 11) is -8.11. The van der Waals surface area contributed by atoms with Crippen molar-refractivity contribution in [2.45, 2.75) is 123 Å². The number of aliphatic hydroxyl groups is 2. The number of carbonyl (C=O) groups excluding carboxylic acids is 2. The molecule has 2 fully saturated rings. The Hall–Kier alpha value is -6.66. The van der Waals surface area contributed by atoms with Crippen molar-refractivity contribution in [3.05, 3.63) is 212 Å². The molecule has 6 aromatic carbocycles. The highest BCUT2D eigenvalue weighted by Gasteiger charge is 2.47. The summed E-state index contributed by atoms with van der Waals surface area (Å²) in [6.07, 6.45) is 16.3. The van der Waals surface area contributed by atoms with Gasteiger partial charge in [-0.05, 0) is 208 Å². The molecule has 14 nitrogen and oxygen atoms in total. The number of hydrogen-bond donors (Lipinski definition) is 4. The maximum Gasteiger partial charge on any atom is 0.264 e. The van der Waals surface area contributed by atoms with E-state index in [4.69, 9.17) is 32.7 Å². The number of nitrogens with one attached hydrogen (secondary N) is 2. The van der Waals surface area contributed by atoms with Crippen LogP contribution in [-0.2, 0) is 56.6 Å². The molecule has 10 atom stereocenters. The number of anilines is 2. The van der Waals surface area contributed by atoms with Gasteiger partial charge in [0.1, 0.15) is 11.5 Å². The van der Waals surface area contributed by atoms with E-state index >= 15 is 0 Å². The van der Waals surface area contributed by atoms with Gasteiger partial charge in [-0.2, -0.15) is 0 Å². The SMILES string of the molecule is O=C1NS(=O)(=O)[C@@H](Cc2ccccc2)C/C=C/[C@H](O)[C@@H]2CC[C@H]2CN2C[C@@]3(CCCc4cc(Cl)ccc43)COc3ccc1cc32.O=C1NS(=O)(=O)[C@H](Cc2ccccc2)C/C=C/[C@H](O)[C@@H]2CC[C@H]2CN2C[C@@]3(CCCc4cc(Cl)ccc43)COc3ccc1cc32. The molecule has 0 aromatic heterocycles. The molecule has 6 aromatic rings. The maximum absolute atomic E-state index is 13.7.